The molecule has 8 heteroatoms. The van der Waals surface area contributed by atoms with E-state index in [9.17, 15) is 4.79 Å². The maximum Gasteiger partial charge on any atom is 0.224 e. The third-order valence-electron chi connectivity index (χ3n) is 3.90. The summed E-state index contributed by atoms with van der Waals surface area (Å²) in [5.74, 6) is 1.27. The summed E-state index contributed by atoms with van der Waals surface area (Å²) < 4.78 is 11.5. The largest absolute Gasteiger partial charge is 0.492 e. The highest BCUT2D eigenvalue weighted by Gasteiger charge is 2.16. The fraction of sp³-hybridized carbons (Fsp3) is 0.364. The summed E-state index contributed by atoms with van der Waals surface area (Å²) in [4.78, 5) is 12.3. The highest BCUT2D eigenvalue weighted by molar-refractivity contribution is 7.80. The van der Waals surface area contributed by atoms with Crippen molar-refractivity contribution in [3.63, 3.8) is 0 Å². The minimum atomic E-state index is -0.0750. The zero-order valence-corrected chi connectivity index (χ0v) is 19.2. The van der Waals surface area contributed by atoms with Gasteiger partial charge in [-0.1, -0.05) is 25.4 Å². The molecular weight excluding hydrogens is 422 g/mol. The number of carbonyl (C=O) groups is 1. The van der Waals surface area contributed by atoms with Crippen molar-refractivity contribution in [2.45, 2.75) is 34.1 Å². The molecule has 0 fully saturated rings. The molecular formula is C22H28ClN3O3S. The number of anilines is 3. The molecule has 6 nitrogen and oxygen atoms in total. The van der Waals surface area contributed by atoms with Crippen molar-refractivity contribution in [2.24, 2.45) is 5.92 Å². The van der Waals surface area contributed by atoms with E-state index in [0.717, 1.165) is 5.69 Å². The molecule has 0 saturated carbocycles. The minimum absolute atomic E-state index is 0.0750. The molecule has 0 bridgehead atoms. The van der Waals surface area contributed by atoms with Crippen LogP contribution in [0.4, 0.5) is 17.1 Å². The molecule has 30 heavy (non-hydrogen) atoms. The molecule has 0 atom stereocenters. The summed E-state index contributed by atoms with van der Waals surface area (Å²) >= 11 is 11.4. The van der Waals surface area contributed by atoms with E-state index in [0.29, 0.717) is 52.6 Å². The number of nitrogens with one attached hydrogen (secondary N) is 3. The van der Waals surface area contributed by atoms with Crippen molar-refractivity contribution in [3.05, 3.63) is 41.4 Å². The normalized spacial score (nSPS) is 10.5. The Kier molecular flexibility index (Phi) is 9.20. The Bertz CT molecular complexity index is 873. The van der Waals surface area contributed by atoms with Gasteiger partial charge in [0.25, 0.3) is 0 Å². The predicted molar refractivity (Wildman–Crippen MR) is 128 cm³/mol. The van der Waals surface area contributed by atoms with Gasteiger partial charge in [-0.15, -0.1) is 0 Å². The first-order valence-electron chi connectivity index (χ1n) is 9.89. The number of amides is 1. The number of thiocarbonyl (C=S) groups is 1. The molecule has 0 heterocycles. The molecule has 0 aromatic heterocycles. The van der Waals surface area contributed by atoms with Crippen molar-refractivity contribution in [1.82, 2.24) is 0 Å². The van der Waals surface area contributed by atoms with Crippen LogP contribution in [0.15, 0.2) is 36.4 Å². The highest BCUT2D eigenvalue weighted by Crippen LogP contribution is 2.37. The van der Waals surface area contributed by atoms with Crippen LogP contribution in [0.2, 0.25) is 5.02 Å². The first-order chi connectivity index (χ1) is 14.3. The van der Waals surface area contributed by atoms with Crippen molar-refractivity contribution in [3.8, 4) is 11.5 Å². The van der Waals surface area contributed by atoms with Gasteiger partial charge in [0.15, 0.2) is 5.11 Å². The molecule has 1 amide bonds. The van der Waals surface area contributed by atoms with Crippen molar-refractivity contribution < 1.29 is 14.3 Å². The molecule has 0 saturated heterocycles. The lowest BCUT2D eigenvalue weighted by atomic mass is 10.1. The van der Waals surface area contributed by atoms with Crippen LogP contribution in [0.5, 0.6) is 11.5 Å². The maximum absolute atomic E-state index is 12.3. The second-order valence-electron chi connectivity index (χ2n) is 6.94. The van der Waals surface area contributed by atoms with E-state index in [4.69, 9.17) is 33.3 Å². The molecule has 2 aromatic carbocycles. The summed E-state index contributed by atoms with van der Waals surface area (Å²) in [6.07, 6.45) is 0.421. The third-order valence-corrected chi connectivity index (χ3v) is 4.36. The van der Waals surface area contributed by atoms with E-state index < -0.39 is 0 Å². The van der Waals surface area contributed by atoms with Gasteiger partial charge in [0, 0.05) is 29.3 Å². The summed E-state index contributed by atoms with van der Waals surface area (Å²) in [6, 6.07) is 10.7. The van der Waals surface area contributed by atoms with E-state index in [1.165, 1.54) is 0 Å². The Labute approximate surface area is 188 Å². The first-order valence-corrected chi connectivity index (χ1v) is 10.7. The standard InChI is InChI=1S/C22H28ClN3O3S/c1-5-28-19-13-18(26-22(30)24-16-9-7-15(23)8-10-16)20(29-6-2)12-17(19)25-21(27)11-14(3)4/h7-10,12-14H,5-6,11H2,1-4H3,(H,25,27)(H2,24,26,30). The molecule has 0 radical (unpaired) electrons. The van der Waals surface area contributed by atoms with Crippen LogP contribution in [0.3, 0.4) is 0 Å². The Hall–Kier alpha value is -2.51. The molecule has 0 aliphatic heterocycles. The van der Waals surface area contributed by atoms with Gasteiger partial charge < -0.3 is 25.4 Å². The van der Waals surface area contributed by atoms with E-state index in [-0.39, 0.29) is 11.8 Å². The third kappa shape index (κ3) is 7.39. The topological polar surface area (TPSA) is 71.6 Å². The second-order valence-corrected chi connectivity index (χ2v) is 7.79. The molecule has 0 spiro atoms. The maximum atomic E-state index is 12.3. The number of carbonyl (C=O) groups excluding carboxylic acids is 1. The van der Waals surface area contributed by atoms with Crippen LogP contribution in [0.1, 0.15) is 34.1 Å². The SMILES string of the molecule is CCOc1cc(NC(=S)Nc2ccc(Cl)cc2)c(OCC)cc1NC(=O)CC(C)C. The number of benzene rings is 2. The van der Waals surface area contributed by atoms with Gasteiger partial charge in [0.05, 0.1) is 24.6 Å². The van der Waals surface area contributed by atoms with Gasteiger partial charge >= 0.3 is 0 Å². The fourth-order valence-electron chi connectivity index (χ4n) is 2.70. The summed E-state index contributed by atoms with van der Waals surface area (Å²) in [7, 11) is 0. The van der Waals surface area contributed by atoms with Crippen LogP contribution >= 0.6 is 23.8 Å². The monoisotopic (exact) mass is 449 g/mol. The minimum Gasteiger partial charge on any atom is -0.492 e. The van der Waals surface area contributed by atoms with Crippen LogP contribution in [-0.4, -0.2) is 24.2 Å². The predicted octanol–water partition coefficient (Wildman–Crippen LogP) is 5.93. The fourth-order valence-corrected chi connectivity index (χ4v) is 3.05. The molecule has 0 unspecified atom stereocenters. The van der Waals surface area contributed by atoms with Crippen LogP contribution in [-0.2, 0) is 4.79 Å². The zero-order valence-electron chi connectivity index (χ0n) is 17.7. The van der Waals surface area contributed by atoms with E-state index in [2.05, 4.69) is 16.0 Å². The molecule has 0 aliphatic rings. The Morgan fingerprint density at radius 1 is 0.967 bits per heavy atom. The first kappa shape index (κ1) is 23.8. The van der Waals surface area contributed by atoms with Gasteiger partial charge in [-0.25, -0.2) is 0 Å². The van der Waals surface area contributed by atoms with Gasteiger partial charge in [-0.05, 0) is 56.2 Å². The summed E-state index contributed by atoms with van der Waals surface area (Å²) in [5.41, 5.74) is 2.00. The molecule has 3 N–H and O–H groups in total. The molecule has 2 rings (SSSR count). The summed E-state index contributed by atoms with van der Waals surface area (Å²) in [6.45, 7) is 8.68. The smallest absolute Gasteiger partial charge is 0.224 e. The number of ether oxygens (including phenoxy) is 2. The lowest BCUT2D eigenvalue weighted by molar-refractivity contribution is -0.116. The van der Waals surface area contributed by atoms with Crippen LogP contribution in [0.25, 0.3) is 0 Å². The lowest BCUT2D eigenvalue weighted by Gasteiger charge is -2.19. The Morgan fingerprint density at radius 2 is 1.50 bits per heavy atom. The van der Waals surface area contributed by atoms with Crippen LogP contribution in [0, 0.1) is 5.92 Å². The average molecular weight is 450 g/mol. The summed E-state index contributed by atoms with van der Waals surface area (Å²) in [5, 5.41) is 10.2. The number of hydrogen-bond donors (Lipinski definition) is 3. The van der Waals surface area contributed by atoms with Crippen molar-refractivity contribution in [1.29, 1.82) is 0 Å². The Morgan fingerprint density at radius 3 is 2.00 bits per heavy atom. The van der Waals surface area contributed by atoms with Gasteiger partial charge in [0.2, 0.25) is 5.91 Å². The van der Waals surface area contributed by atoms with Gasteiger partial charge in [-0.3, -0.25) is 4.79 Å². The van der Waals surface area contributed by atoms with E-state index >= 15 is 0 Å². The highest BCUT2D eigenvalue weighted by atomic mass is 35.5. The van der Waals surface area contributed by atoms with E-state index in [1.54, 1.807) is 24.3 Å². The average Bonchev–Trinajstić information content (AvgIpc) is 2.66. The lowest BCUT2D eigenvalue weighted by Crippen LogP contribution is -2.20. The van der Waals surface area contributed by atoms with E-state index in [1.807, 2.05) is 39.8 Å². The molecule has 2 aromatic rings. The van der Waals surface area contributed by atoms with Gasteiger partial charge in [0.1, 0.15) is 11.5 Å². The zero-order chi connectivity index (χ0) is 22.1. The number of hydrogen-bond acceptors (Lipinski definition) is 4. The van der Waals surface area contributed by atoms with Gasteiger partial charge in [-0.2, -0.15) is 0 Å². The number of halogens is 1. The van der Waals surface area contributed by atoms with Crippen molar-refractivity contribution >= 4 is 51.9 Å². The van der Waals surface area contributed by atoms with Crippen LogP contribution < -0.4 is 25.4 Å². The molecule has 0 aliphatic carbocycles. The number of rotatable bonds is 9. The quantitative estimate of drug-likeness (QED) is 0.412. The van der Waals surface area contributed by atoms with Crippen molar-refractivity contribution in [2.75, 3.05) is 29.2 Å². The second kappa shape index (κ2) is 11.6. The molecule has 162 valence electrons. The Balaban J connectivity index is 2.26.